The van der Waals surface area contributed by atoms with Crippen molar-refractivity contribution < 1.29 is 4.79 Å². The zero-order chi connectivity index (χ0) is 26.4. The summed E-state index contributed by atoms with van der Waals surface area (Å²) >= 11 is 1.64. The summed E-state index contributed by atoms with van der Waals surface area (Å²) in [5, 5.41) is 13.0. The fourth-order valence-corrected chi connectivity index (χ4v) is 4.92. The fourth-order valence-electron chi connectivity index (χ4n) is 4.23. The van der Waals surface area contributed by atoms with Gasteiger partial charge in [0.05, 0.1) is 28.0 Å². The predicted octanol–water partition coefficient (Wildman–Crippen LogP) is 3.95. The first-order valence-electron chi connectivity index (χ1n) is 12.7. The third-order valence-electron chi connectivity index (χ3n) is 6.37. The van der Waals surface area contributed by atoms with Crippen LogP contribution in [0.5, 0.6) is 0 Å². The highest BCUT2D eigenvalue weighted by atomic mass is 32.1. The summed E-state index contributed by atoms with van der Waals surface area (Å²) in [6.07, 6.45) is 3.67. The number of pyridine rings is 1. The molecule has 0 saturated heterocycles. The number of thiophene rings is 1. The molecule has 0 bridgehead atoms. The highest BCUT2D eigenvalue weighted by molar-refractivity contribution is 7.13. The molecule has 1 atom stereocenters. The maximum Gasteiger partial charge on any atom is 0.251 e. The molecule has 0 fully saturated rings. The zero-order valence-corrected chi connectivity index (χ0v) is 23.0. The van der Waals surface area contributed by atoms with Crippen LogP contribution in [0.25, 0.3) is 27.5 Å². The molecule has 0 aromatic carbocycles. The molecule has 4 aromatic rings. The first kappa shape index (κ1) is 26.7. The Morgan fingerprint density at radius 1 is 1.14 bits per heavy atom. The smallest absolute Gasteiger partial charge is 0.251 e. The standard InChI is InChI=1S/C27H36N8OS/c1-6-34(7-2)19(3)17-29-27(36)20-15-23(31-25(16-20)28-11-13-33(4)5)21-18-30-35-12-10-22(32-26(21)35)24-9-8-14-37-24/h8-10,12,14-16,18-19H,6-7,11,13,17H2,1-5H3,(H,28,31)(H,29,36). The van der Waals surface area contributed by atoms with Gasteiger partial charge >= 0.3 is 0 Å². The molecule has 0 aliphatic rings. The largest absolute Gasteiger partial charge is 0.369 e. The van der Waals surface area contributed by atoms with E-state index in [2.05, 4.69) is 52.4 Å². The van der Waals surface area contributed by atoms with Crippen molar-refractivity contribution in [2.45, 2.75) is 26.8 Å². The lowest BCUT2D eigenvalue weighted by molar-refractivity contribution is 0.0938. The number of nitrogens with one attached hydrogen (secondary N) is 2. The van der Waals surface area contributed by atoms with Gasteiger partial charge in [-0.2, -0.15) is 5.10 Å². The quantitative estimate of drug-likeness (QED) is 0.292. The number of fused-ring (bicyclic) bond motifs is 1. The van der Waals surface area contributed by atoms with Crippen LogP contribution in [0.1, 0.15) is 31.1 Å². The van der Waals surface area contributed by atoms with Gasteiger partial charge in [0, 0.05) is 37.4 Å². The maximum atomic E-state index is 13.2. The molecule has 4 aromatic heterocycles. The number of nitrogens with zero attached hydrogens (tertiary/aromatic N) is 6. The van der Waals surface area contributed by atoms with E-state index in [1.54, 1.807) is 22.0 Å². The summed E-state index contributed by atoms with van der Waals surface area (Å²) in [5.74, 6) is 0.525. The molecular formula is C27H36N8OS. The molecule has 1 amide bonds. The monoisotopic (exact) mass is 520 g/mol. The van der Waals surface area contributed by atoms with Crippen molar-refractivity contribution in [1.82, 2.24) is 34.7 Å². The van der Waals surface area contributed by atoms with E-state index < -0.39 is 0 Å². The minimum Gasteiger partial charge on any atom is -0.369 e. The molecule has 0 aliphatic carbocycles. The minimum atomic E-state index is -0.123. The number of amides is 1. The number of likely N-dealkylation sites (N-methyl/N-ethyl adjacent to an activating group) is 2. The average Bonchev–Trinajstić information content (AvgIpc) is 3.57. The Kier molecular flexibility index (Phi) is 8.86. The van der Waals surface area contributed by atoms with E-state index in [0.717, 1.165) is 35.8 Å². The number of carbonyl (C=O) groups excluding carboxylic acids is 1. The van der Waals surface area contributed by atoms with Crippen molar-refractivity contribution in [3.8, 4) is 21.8 Å². The maximum absolute atomic E-state index is 13.2. The third kappa shape index (κ3) is 6.51. The SMILES string of the molecule is CCN(CC)C(C)CNC(=O)c1cc(NCCN(C)C)nc(-c2cnn3ccc(-c4cccs4)nc23)c1. The summed E-state index contributed by atoms with van der Waals surface area (Å²) in [6, 6.07) is 9.90. The second-order valence-electron chi connectivity index (χ2n) is 9.25. The van der Waals surface area contributed by atoms with Crippen molar-refractivity contribution in [2.24, 2.45) is 0 Å². The zero-order valence-electron chi connectivity index (χ0n) is 22.2. The summed E-state index contributed by atoms with van der Waals surface area (Å²) in [4.78, 5) is 28.5. The van der Waals surface area contributed by atoms with Crippen molar-refractivity contribution in [1.29, 1.82) is 0 Å². The van der Waals surface area contributed by atoms with Crippen molar-refractivity contribution in [3.05, 3.63) is 53.7 Å². The average molecular weight is 521 g/mol. The molecule has 1 unspecified atom stereocenters. The number of anilines is 1. The summed E-state index contributed by atoms with van der Waals surface area (Å²) in [7, 11) is 4.05. The van der Waals surface area contributed by atoms with E-state index in [4.69, 9.17) is 9.97 Å². The van der Waals surface area contributed by atoms with E-state index in [1.165, 1.54) is 0 Å². The predicted molar refractivity (Wildman–Crippen MR) is 151 cm³/mol. The molecule has 9 nitrogen and oxygen atoms in total. The molecule has 196 valence electrons. The van der Waals surface area contributed by atoms with Gasteiger partial charge in [-0.3, -0.25) is 9.69 Å². The van der Waals surface area contributed by atoms with Gasteiger partial charge in [-0.25, -0.2) is 14.5 Å². The van der Waals surface area contributed by atoms with Crippen LogP contribution in [0.3, 0.4) is 0 Å². The molecule has 4 rings (SSSR count). The van der Waals surface area contributed by atoms with Gasteiger partial charge in [0.1, 0.15) is 5.82 Å². The molecule has 10 heteroatoms. The van der Waals surface area contributed by atoms with Crippen LogP contribution in [-0.4, -0.2) is 88.2 Å². The number of hydrogen-bond donors (Lipinski definition) is 2. The van der Waals surface area contributed by atoms with Gasteiger partial charge in [-0.05, 0) is 63.8 Å². The lowest BCUT2D eigenvalue weighted by Crippen LogP contribution is -2.42. The van der Waals surface area contributed by atoms with Crippen LogP contribution in [0.2, 0.25) is 0 Å². The van der Waals surface area contributed by atoms with Crippen molar-refractivity contribution >= 4 is 28.7 Å². The Labute approximate surface area is 222 Å². The van der Waals surface area contributed by atoms with Gasteiger partial charge < -0.3 is 15.5 Å². The van der Waals surface area contributed by atoms with Gasteiger partial charge in [0.2, 0.25) is 0 Å². The first-order valence-corrected chi connectivity index (χ1v) is 13.6. The third-order valence-corrected chi connectivity index (χ3v) is 7.26. The highest BCUT2D eigenvalue weighted by Crippen LogP contribution is 2.28. The molecule has 37 heavy (non-hydrogen) atoms. The van der Waals surface area contributed by atoms with Crippen molar-refractivity contribution in [2.75, 3.05) is 52.1 Å². The van der Waals surface area contributed by atoms with Crippen LogP contribution >= 0.6 is 11.3 Å². The Bertz CT molecular complexity index is 1310. The Morgan fingerprint density at radius 3 is 2.65 bits per heavy atom. The fraction of sp³-hybridized carbons (Fsp3) is 0.407. The minimum absolute atomic E-state index is 0.123. The van der Waals surface area contributed by atoms with Crippen LogP contribution in [-0.2, 0) is 0 Å². The van der Waals surface area contributed by atoms with E-state index in [-0.39, 0.29) is 11.9 Å². The first-order chi connectivity index (χ1) is 17.9. The molecule has 0 radical (unpaired) electrons. The van der Waals surface area contributed by atoms with Crippen LogP contribution in [0.15, 0.2) is 48.1 Å². The molecule has 0 spiro atoms. The van der Waals surface area contributed by atoms with Gasteiger partial charge in [0.15, 0.2) is 5.65 Å². The van der Waals surface area contributed by atoms with Crippen LogP contribution in [0, 0.1) is 0 Å². The number of hydrogen-bond acceptors (Lipinski definition) is 8. The lowest BCUT2D eigenvalue weighted by atomic mass is 10.1. The second kappa shape index (κ2) is 12.3. The van der Waals surface area contributed by atoms with Gasteiger partial charge in [-0.15, -0.1) is 11.3 Å². The Hall–Kier alpha value is -3.34. The van der Waals surface area contributed by atoms with E-state index in [9.17, 15) is 4.79 Å². The molecule has 0 saturated carbocycles. The van der Waals surface area contributed by atoms with E-state index >= 15 is 0 Å². The molecule has 2 N–H and O–H groups in total. The summed E-state index contributed by atoms with van der Waals surface area (Å²) in [6.45, 7) is 10.4. The number of aromatic nitrogens is 4. The van der Waals surface area contributed by atoms with E-state index in [1.807, 2.05) is 49.9 Å². The topological polar surface area (TPSA) is 90.7 Å². The lowest BCUT2D eigenvalue weighted by Gasteiger charge is -2.26. The van der Waals surface area contributed by atoms with Gasteiger partial charge in [-0.1, -0.05) is 19.9 Å². The number of carbonyl (C=O) groups is 1. The van der Waals surface area contributed by atoms with Crippen LogP contribution in [0.4, 0.5) is 5.82 Å². The Balaban J connectivity index is 1.66. The summed E-state index contributed by atoms with van der Waals surface area (Å²) in [5.41, 5.74) is 3.57. The molecule has 4 heterocycles. The second-order valence-corrected chi connectivity index (χ2v) is 10.2. The van der Waals surface area contributed by atoms with E-state index in [0.29, 0.717) is 35.8 Å². The molecule has 0 aliphatic heterocycles. The normalized spacial score (nSPS) is 12.4. The van der Waals surface area contributed by atoms with Crippen LogP contribution < -0.4 is 10.6 Å². The summed E-state index contributed by atoms with van der Waals surface area (Å²) < 4.78 is 1.74. The Morgan fingerprint density at radius 2 is 1.95 bits per heavy atom. The highest BCUT2D eigenvalue weighted by Gasteiger charge is 2.17. The van der Waals surface area contributed by atoms with Crippen molar-refractivity contribution in [3.63, 3.8) is 0 Å². The molecular weight excluding hydrogens is 484 g/mol. The van der Waals surface area contributed by atoms with Gasteiger partial charge in [0.25, 0.3) is 5.91 Å². The number of rotatable bonds is 12.